The molecule has 0 aromatic rings. The average molecular weight is 305 g/mol. The van der Waals surface area contributed by atoms with E-state index in [9.17, 15) is 13.8 Å². The smallest absolute Gasteiger partial charge is 0.319 e. The maximum Gasteiger partial charge on any atom is 0.319 e. The number of ether oxygens (including phenoxy) is 1. The number of hydrogen-bond donors (Lipinski definition) is 1. The number of rotatable bonds is 7. The number of carbonyl (C=O) groups excluding carboxylic acids is 2. The van der Waals surface area contributed by atoms with Gasteiger partial charge in [-0.3, -0.25) is 13.8 Å². The normalized spacial score (nSPS) is 16.1. The number of carbonyl (C=O) groups is 2. The Balaban J connectivity index is 4.72. The maximum atomic E-state index is 12.3. The molecule has 0 aliphatic carbocycles. The van der Waals surface area contributed by atoms with Gasteiger partial charge in [0.1, 0.15) is 5.92 Å². The molecule has 0 aromatic carbocycles. The molecule has 0 aromatic heterocycles. The molecule has 0 saturated carbocycles. The topological polar surface area (TPSA) is 72.5 Å². The van der Waals surface area contributed by atoms with Crippen LogP contribution in [0.1, 0.15) is 41.0 Å². The Morgan fingerprint density at radius 1 is 1.30 bits per heavy atom. The van der Waals surface area contributed by atoms with Crippen molar-refractivity contribution in [3.8, 4) is 0 Å². The molecule has 0 aliphatic rings. The number of nitrogens with one attached hydrogen (secondary N) is 1. The molecule has 118 valence electrons. The fourth-order valence-electron chi connectivity index (χ4n) is 1.82. The zero-order valence-electron chi connectivity index (χ0n) is 13.3. The maximum absolute atomic E-state index is 12.3. The first-order chi connectivity index (χ1) is 9.09. The Morgan fingerprint density at radius 3 is 2.25 bits per heavy atom. The highest BCUT2D eigenvalue weighted by molar-refractivity contribution is 7.84. The number of esters is 1. The van der Waals surface area contributed by atoms with Crippen molar-refractivity contribution in [2.24, 2.45) is 11.3 Å². The average Bonchev–Trinajstić information content (AvgIpc) is 2.24. The van der Waals surface area contributed by atoms with E-state index in [0.717, 1.165) is 0 Å². The van der Waals surface area contributed by atoms with Gasteiger partial charge in [-0.05, 0) is 25.7 Å². The summed E-state index contributed by atoms with van der Waals surface area (Å²) in [5, 5.41) is 2.81. The second-order valence-electron chi connectivity index (χ2n) is 6.03. The van der Waals surface area contributed by atoms with Crippen molar-refractivity contribution in [2.75, 3.05) is 18.6 Å². The van der Waals surface area contributed by atoms with Gasteiger partial charge in [0.15, 0.2) is 0 Å². The molecule has 3 atom stereocenters. The minimum absolute atomic E-state index is 0.120. The highest BCUT2D eigenvalue weighted by Crippen LogP contribution is 2.27. The van der Waals surface area contributed by atoms with E-state index < -0.39 is 28.1 Å². The number of amides is 1. The summed E-state index contributed by atoms with van der Waals surface area (Å²) in [6.45, 7) is 9.31. The summed E-state index contributed by atoms with van der Waals surface area (Å²) in [5.74, 6) is -1.13. The minimum atomic E-state index is -0.884. The summed E-state index contributed by atoms with van der Waals surface area (Å²) in [4.78, 5) is 24.2. The van der Waals surface area contributed by atoms with Gasteiger partial charge in [0, 0.05) is 28.9 Å². The third-order valence-corrected chi connectivity index (χ3v) is 3.69. The molecule has 0 spiro atoms. The largest absolute Gasteiger partial charge is 0.465 e. The molecule has 20 heavy (non-hydrogen) atoms. The van der Waals surface area contributed by atoms with Crippen LogP contribution in [0.4, 0.5) is 0 Å². The van der Waals surface area contributed by atoms with Gasteiger partial charge in [0.2, 0.25) is 5.91 Å². The molecule has 6 heteroatoms. The first kappa shape index (κ1) is 19.1. The molecule has 0 fully saturated rings. The van der Waals surface area contributed by atoms with Crippen LogP contribution in [-0.2, 0) is 25.1 Å². The van der Waals surface area contributed by atoms with Gasteiger partial charge in [-0.1, -0.05) is 20.8 Å². The third-order valence-electron chi connectivity index (χ3n) is 2.88. The van der Waals surface area contributed by atoms with E-state index in [1.807, 2.05) is 27.7 Å². The van der Waals surface area contributed by atoms with Gasteiger partial charge in [-0.25, -0.2) is 0 Å². The Kier molecular flexibility index (Phi) is 8.01. The van der Waals surface area contributed by atoms with E-state index in [4.69, 9.17) is 4.74 Å². The van der Waals surface area contributed by atoms with Crippen molar-refractivity contribution < 1.29 is 18.5 Å². The van der Waals surface area contributed by atoms with Gasteiger partial charge in [-0.2, -0.15) is 0 Å². The van der Waals surface area contributed by atoms with E-state index in [1.54, 1.807) is 13.2 Å². The van der Waals surface area contributed by atoms with Crippen LogP contribution in [0.5, 0.6) is 0 Å². The summed E-state index contributed by atoms with van der Waals surface area (Å²) >= 11 is 0. The van der Waals surface area contributed by atoms with Crippen LogP contribution in [0, 0.1) is 11.3 Å². The lowest BCUT2D eigenvalue weighted by molar-refractivity contribution is -0.156. The fourth-order valence-corrected chi connectivity index (χ4v) is 2.51. The molecule has 0 radical (unpaired) electrons. The highest BCUT2D eigenvalue weighted by Gasteiger charge is 2.39. The van der Waals surface area contributed by atoms with Gasteiger partial charge < -0.3 is 10.1 Å². The highest BCUT2D eigenvalue weighted by atomic mass is 32.2. The first-order valence-electron chi connectivity index (χ1n) is 6.86. The second kappa shape index (κ2) is 8.39. The molecule has 3 unspecified atom stereocenters. The summed E-state index contributed by atoms with van der Waals surface area (Å²) in [6, 6.07) is -0.120. The predicted octanol–water partition coefficient (Wildman–Crippen LogP) is 1.49. The van der Waals surface area contributed by atoms with Crippen LogP contribution >= 0.6 is 0 Å². The van der Waals surface area contributed by atoms with E-state index >= 15 is 0 Å². The van der Waals surface area contributed by atoms with Crippen LogP contribution in [0.25, 0.3) is 0 Å². The van der Waals surface area contributed by atoms with Crippen molar-refractivity contribution in [3.63, 3.8) is 0 Å². The van der Waals surface area contributed by atoms with Crippen molar-refractivity contribution in [1.29, 1.82) is 0 Å². The summed E-state index contributed by atoms with van der Waals surface area (Å²) in [5.41, 5.74) is -0.510. The van der Waals surface area contributed by atoms with Gasteiger partial charge in [0.05, 0.1) is 6.61 Å². The molecule has 0 bridgehead atoms. The van der Waals surface area contributed by atoms with Gasteiger partial charge in [0.25, 0.3) is 0 Å². The Labute approximate surface area is 124 Å². The van der Waals surface area contributed by atoms with Crippen molar-refractivity contribution in [3.05, 3.63) is 0 Å². The first-order valence-corrected chi connectivity index (χ1v) is 8.59. The summed E-state index contributed by atoms with van der Waals surface area (Å²) < 4.78 is 16.0. The fraction of sp³-hybridized carbons (Fsp3) is 0.857. The number of hydrogen-bond acceptors (Lipinski definition) is 4. The standard InChI is InChI=1S/C14H27NO4S/c1-7-19-13(17)11(14(3,4)5)12(16)15-10(2)8-9-20(6)18/h10-11H,7-9H2,1-6H3,(H,15,16). The molecule has 1 N–H and O–H groups in total. The van der Waals surface area contributed by atoms with Crippen molar-refractivity contribution >= 4 is 22.7 Å². The molecular formula is C14H27NO4S. The van der Waals surface area contributed by atoms with E-state index in [-0.39, 0.29) is 18.6 Å². The molecule has 0 rings (SSSR count). The molecular weight excluding hydrogens is 278 g/mol. The minimum Gasteiger partial charge on any atom is -0.465 e. The van der Waals surface area contributed by atoms with Crippen LogP contribution in [0.3, 0.4) is 0 Å². The van der Waals surface area contributed by atoms with E-state index in [2.05, 4.69) is 5.32 Å². The quantitative estimate of drug-likeness (QED) is 0.571. The zero-order chi connectivity index (χ0) is 15.9. The van der Waals surface area contributed by atoms with Crippen molar-refractivity contribution in [1.82, 2.24) is 5.32 Å². The van der Waals surface area contributed by atoms with Crippen LogP contribution < -0.4 is 5.32 Å². The SMILES string of the molecule is CCOC(=O)C(C(=O)NC(C)CCS(C)=O)C(C)(C)C. The van der Waals surface area contributed by atoms with Crippen LogP contribution in [0.2, 0.25) is 0 Å². The zero-order valence-corrected chi connectivity index (χ0v) is 14.1. The molecule has 0 saturated heterocycles. The predicted molar refractivity (Wildman–Crippen MR) is 80.7 cm³/mol. The van der Waals surface area contributed by atoms with Gasteiger partial charge in [-0.15, -0.1) is 0 Å². The molecule has 1 amide bonds. The molecule has 5 nitrogen and oxygen atoms in total. The van der Waals surface area contributed by atoms with Crippen LogP contribution in [0.15, 0.2) is 0 Å². The van der Waals surface area contributed by atoms with Crippen LogP contribution in [-0.4, -0.2) is 40.7 Å². The summed E-state index contributed by atoms with van der Waals surface area (Å²) in [6.07, 6.45) is 2.25. The van der Waals surface area contributed by atoms with Gasteiger partial charge >= 0.3 is 5.97 Å². The van der Waals surface area contributed by atoms with Crippen molar-refractivity contribution in [2.45, 2.75) is 47.1 Å². The lowest BCUT2D eigenvalue weighted by atomic mass is 9.80. The van der Waals surface area contributed by atoms with E-state index in [1.165, 1.54) is 0 Å². The second-order valence-corrected chi connectivity index (χ2v) is 7.58. The Morgan fingerprint density at radius 2 is 1.85 bits per heavy atom. The Hall–Kier alpha value is -0.910. The van der Waals surface area contributed by atoms with E-state index in [0.29, 0.717) is 12.2 Å². The third kappa shape index (κ3) is 7.03. The Bertz CT molecular complexity index is 363. The molecule has 0 heterocycles. The summed E-state index contributed by atoms with van der Waals surface area (Å²) in [7, 11) is -0.884. The molecule has 0 aliphatic heterocycles. The lowest BCUT2D eigenvalue weighted by Gasteiger charge is -2.28. The monoisotopic (exact) mass is 305 g/mol. The lowest BCUT2D eigenvalue weighted by Crippen LogP contribution is -2.46.